The van der Waals surface area contributed by atoms with Gasteiger partial charge in [-0.2, -0.15) is 0 Å². The number of hydrogen-bond donors (Lipinski definition) is 1. The summed E-state index contributed by atoms with van der Waals surface area (Å²) in [6, 6.07) is 7.06. The lowest BCUT2D eigenvalue weighted by molar-refractivity contribution is -0.384. The van der Waals surface area contributed by atoms with Crippen molar-refractivity contribution in [1.82, 2.24) is 4.57 Å². The molecule has 1 heterocycles. The molecular formula is C14H12ClN3O5. The summed E-state index contributed by atoms with van der Waals surface area (Å²) in [5.74, 6) is -1.26. The van der Waals surface area contributed by atoms with Gasteiger partial charge in [0.2, 0.25) is 0 Å². The highest BCUT2D eigenvalue weighted by Crippen LogP contribution is 2.27. The number of nitro benzene ring substituents is 1. The zero-order valence-electron chi connectivity index (χ0n) is 12.0. The maximum absolute atomic E-state index is 11.7. The van der Waals surface area contributed by atoms with Crippen LogP contribution in [0.1, 0.15) is 10.5 Å². The molecule has 0 atom stereocenters. The van der Waals surface area contributed by atoms with Crippen LogP contribution >= 0.6 is 11.6 Å². The van der Waals surface area contributed by atoms with Gasteiger partial charge in [0, 0.05) is 25.0 Å². The Morgan fingerprint density at radius 2 is 2.13 bits per heavy atom. The monoisotopic (exact) mass is 337 g/mol. The molecule has 1 aromatic carbocycles. The van der Waals surface area contributed by atoms with Crippen LogP contribution in [0.5, 0.6) is 0 Å². The number of carbonyl (C=O) groups is 2. The number of ether oxygens (including phenoxy) is 1. The van der Waals surface area contributed by atoms with Crippen molar-refractivity contribution >= 4 is 34.9 Å². The van der Waals surface area contributed by atoms with E-state index in [9.17, 15) is 19.7 Å². The molecule has 23 heavy (non-hydrogen) atoms. The van der Waals surface area contributed by atoms with Gasteiger partial charge in [-0.15, -0.1) is 0 Å². The molecule has 120 valence electrons. The van der Waals surface area contributed by atoms with Crippen molar-refractivity contribution in [2.75, 3.05) is 11.9 Å². The third-order valence-corrected chi connectivity index (χ3v) is 3.23. The highest BCUT2D eigenvalue weighted by molar-refractivity contribution is 6.32. The molecule has 0 unspecified atom stereocenters. The predicted octanol–water partition coefficient (Wildman–Crippen LogP) is 2.38. The Labute approximate surface area is 135 Å². The normalized spacial score (nSPS) is 10.2. The molecule has 0 fully saturated rings. The number of nitrogens with one attached hydrogen (secondary N) is 1. The van der Waals surface area contributed by atoms with Gasteiger partial charge in [-0.05, 0) is 24.3 Å². The minimum absolute atomic E-state index is 0.0388. The zero-order chi connectivity index (χ0) is 17.0. The number of anilines is 1. The maximum atomic E-state index is 11.7. The molecule has 2 aromatic rings. The lowest BCUT2D eigenvalue weighted by Crippen LogP contribution is -2.21. The van der Waals surface area contributed by atoms with Crippen LogP contribution in [0.3, 0.4) is 0 Å². The molecule has 1 amide bonds. The second-order valence-corrected chi connectivity index (χ2v) is 4.96. The maximum Gasteiger partial charge on any atom is 0.355 e. The Hall–Kier alpha value is -2.87. The fraction of sp³-hybridized carbons (Fsp3) is 0.143. The zero-order valence-corrected chi connectivity index (χ0v) is 12.7. The molecule has 1 aromatic heterocycles. The number of carbonyl (C=O) groups excluding carboxylic acids is 2. The minimum atomic E-state index is -0.659. The van der Waals surface area contributed by atoms with E-state index in [2.05, 4.69) is 5.32 Å². The number of halogens is 1. The van der Waals surface area contributed by atoms with E-state index in [0.717, 1.165) is 6.07 Å². The first kappa shape index (κ1) is 16.5. The number of rotatable bonds is 5. The van der Waals surface area contributed by atoms with Crippen LogP contribution in [0.25, 0.3) is 0 Å². The summed E-state index contributed by atoms with van der Waals surface area (Å²) < 4.78 is 6.43. The van der Waals surface area contributed by atoms with Crippen LogP contribution in [-0.2, 0) is 16.6 Å². The molecule has 9 heteroatoms. The standard InChI is InChI=1S/C14H12ClN3O5/c1-17-6-2-3-11(17)14(20)23-8-13(19)16-9-4-5-10(15)12(7-9)18(21)22/h2-7H,8H2,1H3,(H,16,19). The smallest absolute Gasteiger partial charge is 0.355 e. The number of aromatic nitrogens is 1. The van der Waals surface area contributed by atoms with Crippen LogP contribution in [0.15, 0.2) is 36.5 Å². The van der Waals surface area contributed by atoms with Gasteiger partial charge in [-0.1, -0.05) is 11.6 Å². The fourth-order valence-corrected chi connectivity index (χ4v) is 1.99. The highest BCUT2D eigenvalue weighted by atomic mass is 35.5. The quantitative estimate of drug-likeness (QED) is 0.512. The number of benzene rings is 1. The summed E-state index contributed by atoms with van der Waals surface area (Å²) >= 11 is 5.68. The van der Waals surface area contributed by atoms with Gasteiger partial charge >= 0.3 is 5.97 Å². The number of hydrogen-bond acceptors (Lipinski definition) is 5. The fourth-order valence-electron chi connectivity index (χ4n) is 1.81. The van der Waals surface area contributed by atoms with Crippen molar-refractivity contribution in [3.05, 3.63) is 57.4 Å². The van der Waals surface area contributed by atoms with E-state index in [0.29, 0.717) is 5.69 Å². The van der Waals surface area contributed by atoms with Gasteiger partial charge in [0.15, 0.2) is 6.61 Å². The lowest BCUT2D eigenvalue weighted by Gasteiger charge is -2.07. The van der Waals surface area contributed by atoms with Gasteiger partial charge in [-0.3, -0.25) is 14.9 Å². The number of nitro groups is 1. The molecular weight excluding hydrogens is 326 g/mol. The van der Waals surface area contributed by atoms with Gasteiger partial charge in [0.1, 0.15) is 10.7 Å². The molecule has 0 radical (unpaired) electrons. The van der Waals surface area contributed by atoms with E-state index in [1.165, 1.54) is 12.1 Å². The largest absolute Gasteiger partial charge is 0.451 e. The van der Waals surface area contributed by atoms with E-state index >= 15 is 0 Å². The molecule has 0 saturated heterocycles. The van der Waals surface area contributed by atoms with Crippen LogP contribution in [0, 0.1) is 10.1 Å². The number of aryl methyl sites for hydroxylation is 1. The molecule has 0 aliphatic heterocycles. The van der Waals surface area contributed by atoms with E-state index in [4.69, 9.17) is 16.3 Å². The summed E-state index contributed by atoms with van der Waals surface area (Å²) in [4.78, 5) is 33.6. The van der Waals surface area contributed by atoms with E-state index in [1.807, 2.05) is 0 Å². The van der Waals surface area contributed by atoms with Crippen LogP contribution in [0.2, 0.25) is 5.02 Å². The van der Waals surface area contributed by atoms with Crippen molar-refractivity contribution in [2.24, 2.45) is 7.05 Å². The number of nitrogens with zero attached hydrogens (tertiary/aromatic N) is 2. The molecule has 2 rings (SSSR count). The van der Waals surface area contributed by atoms with Crippen LogP contribution in [0.4, 0.5) is 11.4 Å². The summed E-state index contributed by atoms with van der Waals surface area (Å²) in [7, 11) is 1.67. The molecule has 1 N–H and O–H groups in total. The van der Waals surface area contributed by atoms with Crippen molar-refractivity contribution in [1.29, 1.82) is 0 Å². The molecule has 0 aliphatic rings. The number of amides is 1. The lowest BCUT2D eigenvalue weighted by atomic mass is 10.3. The predicted molar refractivity (Wildman–Crippen MR) is 82.4 cm³/mol. The second kappa shape index (κ2) is 6.93. The molecule has 8 nitrogen and oxygen atoms in total. The summed E-state index contributed by atoms with van der Waals surface area (Å²) in [5.41, 5.74) is 0.159. The molecule has 0 aliphatic carbocycles. The van der Waals surface area contributed by atoms with E-state index in [1.54, 1.807) is 29.9 Å². The first-order valence-electron chi connectivity index (χ1n) is 6.40. The first-order chi connectivity index (χ1) is 10.9. The third-order valence-electron chi connectivity index (χ3n) is 2.91. The van der Waals surface area contributed by atoms with Gasteiger partial charge in [-0.25, -0.2) is 4.79 Å². The minimum Gasteiger partial charge on any atom is -0.451 e. The van der Waals surface area contributed by atoms with Gasteiger partial charge in [0.25, 0.3) is 11.6 Å². The SMILES string of the molecule is Cn1cccc1C(=O)OCC(=O)Nc1ccc(Cl)c([N+](=O)[O-])c1. The molecule has 0 saturated carbocycles. The molecule has 0 spiro atoms. The van der Waals surface area contributed by atoms with Crippen molar-refractivity contribution in [3.63, 3.8) is 0 Å². The Morgan fingerprint density at radius 3 is 2.74 bits per heavy atom. The summed E-state index contributed by atoms with van der Waals surface area (Å²) in [6.07, 6.45) is 1.67. The topological polar surface area (TPSA) is 103 Å². The average Bonchev–Trinajstić information content (AvgIpc) is 2.92. The molecule has 0 bridgehead atoms. The van der Waals surface area contributed by atoms with Crippen LogP contribution in [-0.4, -0.2) is 28.0 Å². The second-order valence-electron chi connectivity index (χ2n) is 4.55. The van der Waals surface area contributed by atoms with Crippen molar-refractivity contribution in [2.45, 2.75) is 0 Å². The van der Waals surface area contributed by atoms with Gasteiger partial charge in [0.05, 0.1) is 4.92 Å². The van der Waals surface area contributed by atoms with E-state index < -0.39 is 23.4 Å². The summed E-state index contributed by atoms with van der Waals surface area (Å²) in [5, 5.41) is 13.1. The Morgan fingerprint density at radius 1 is 1.39 bits per heavy atom. The Balaban J connectivity index is 1.95. The Kier molecular flexibility index (Phi) is 4.97. The summed E-state index contributed by atoms with van der Waals surface area (Å²) in [6.45, 7) is -0.513. The average molecular weight is 338 g/mol. The number of esters is 1. The van der Waals surface area contributed by atoms with E-state index in [-0.39, 0.29) is 16.4 Å². The third kappa shape index (κ3) is 4.07. The Bertz CT molecular complexity index is 772. The van der Waals surface area contributed by atoms with Crippen molar-refractivity contribution in [3.8, 4) is 0 Å². The first-order valence-corrected chi connectivity index (χ1v) is 6.78. The van der Waals surface area contributed by atoms with Crippen molar-refractivity contribution < 1.29 is 19.2 Å². The van der Waals surface area contributed by atoms with Crippen LogP contribution < -0.4 is 5.32 Å². The highest BCUT2D eigenvalue weighted by Gasteiger charge is 2.15. The van der Waals surface area contributed by atoms with Gasteiger partial charge < -0.3 is 14.6 Å².